The normalized spacial score (nSPS) is 20.0. The number of hydrogen-bond acceptors (Lipinski definition) is 3. The topological polar surface area (TPSA) is 79.3 Å². The number of aryl methyl sites for hydroxylation is 1. The van der Waals surface area contributed by atoms with Gasteiger partial charge in [-0.1, -0.05) is 0 Å². The minimum atomic E-state index is -0.125. The number of carbonyl (C=O) groups excluding carboxylic acids is 2. The molecule has 1 aromatic rings. The van der Waals surface area contributed by atoms with E-state index in [1.165, 1.54) is 0 Å². The van der Waals surface area contributed by atoms with Gasteiger partial charge in [-0.2, -0.15) is 5.10 Å². The number of nitrogens with one attached hydrogen (secondary N) is 2. The number of likely N-dealkylation sites (tertiary alicyclic amines) is 1. The summed E-state index contributed by atoms with van der Waals surface area (Å²) < 4.78 is 1.71. The fourth-order valence-electron chi connectivity index (χ4n) is 2.60. The van der Waals surface area contributed by atoms with Crippen LogP contribution in [-0.2, 0) is 11.8 Å². The molecule has 1 fully saturated rings. The lowest BCUT2D eigenvalue weighted by Gasteiger charge is -2.32. The molecule has 0 radical (unpaired) electrons. The summed E-state index contributed by atoms with van der Waals surface area (Å²) in [5, 5.41) is 9.72. The van der Waals surface area contributed by atoms with Crippen molar-refractivity contribution in [2.45, 2.75) is 25.8 Å². The van der Waals surface area contributed by atoms with Crippen LogP contribution in [-0.4, -0.2) is 46.8 Å². The molecular formula is C14H23N5O2. The molecule has 0 spiro atoms. The Morgan fingerprint density at radius 3 is 2.86 bits per heavy atom. The summed E-state index contributed by atoms with van der Waals surface area (Å²) in [6, 6.07) is -0.230. The first-order valence-corrected chi connectivity index (χ1v) is 7.27. The second kappa shape index (κ2) is 6.60. The first-order valence-electron chi connectivity index (χ1n) is 7.27. The van der Waals surface area contributed by atoms with E-state index >= 15 is 0 Å². The Morgan fingerprint density at radius 2 is 2.24 bits per heavy atom. The molecule has 2 rings (SSSR count). The Kier molecular flexibility index (Phi) is 4.82. The highest BCUT2D eigenvalue weighted by Gasteiger charge is 2.28. The van der Waals surface area contributed by atoms with Crippen molar-refractivity contribution in [3.8, 4) is 0 Å². The average Bonchev–Trinajstić information content (AvgIpc) is 2.93. The Labute approximate surface area is 124 Å². The molecule has 2 N–H and O–H groups in total. The van der Waals surface area contributed by atoms with E-state index in [4.69, 9.17) is 0 Å². The van der Waals surface area contributed by atoms with Gasteiger partial charge in [-0.05, 0) is 19.8 Å². The molecular weight excluding hydrogens is 270 g/mol. The molecule has 0 bridgehead atoms. The van der Waals surface area contributed by atoms with E-state index in [1.54, 1.807) is 22.8 Å². The number of piperidine rings is 1. The maximum absolute atomic E-state index is 12.3. The first-order chi connectivity index (χ1) is 10.0. The summed E-state index contributed by atoms with van der Waals surface area (Å²) in [5.74, 6) is -0.101. The molecule has 1 aromatic heterocycles. The van der Waals surface area contributed by atoms with Gasteiger partial charge in [0.05, 0.1) is 18.2 Å². The van der Waals surface area contributed by atoms with Crippen LogP contribution >= 0.6 is 0 Å². The molecule has 116 valence electrons. The van der Waals surface area contributed by atoms with Crippen molar-refractivity contribution in [2.75, 3.05) is 20.1 Å². The fourth-order valence-corrected chi connectivity index (χ4v) is 2.60. The molecule has 0 aromatic carbocycles. The smallest absolute Gasteiger partial charge is 0.317 e. The maximum atomic E-state index is 12.3. The van der Waals surface area contributed by atoms with Crippen LogP contribution in [0.4, 0.5) is 4.79 Å². The lowest BCUT2D eigenvalue weighted by atomic mass is 9.97. The third-order valence-corrected chi connectivity index (χ3v) is 3.89. The lowest BCUT2D eigenvalue weighted by Crippen LogP contribution is -2.48. The van der Waals surface area contributed by atoms with Crippen LogP contribution in [0, 0.1) is 5.92 Å². The number of carbonyl (C=O) groups is 2. The number of nitrogens with zero attached hydrogens (tertiary/aromatic N) is 3. The van der Waals surface area contributed by atoms with E-state index in [1.807, 2.05) is 20.2 Å². The molecule has 7 heteroatoms. The molecule has 7 nitrogen and oxygen atoms in total. The van der Waals surface area contributed by atoms with E-state index in [0.29, 0.717) is 13.1 Å². The number of hydrogen-bond donors (Lipinski definition) is 2. The zero-order chi connectivity index (χ0) is 15.4. The Morgan fingerprint density at radius 1 is 1.48 bits per heavy atom. The largest absolute Gasteiger partial charge is 0.359 e. The average molecular weight is 293 g/mol. The van der Waals surface area contributed by atoms with Crippen molar-refractivity contribution >= 4 is 11.9 Å². The van der Waals surface area contributed by atoms with Gasteiger partial charge in [0.2, 0.25) is 5.91 Å². The molecule has 2 atom stereocenters. The van der Waals surface area contributed by atoms with E-state index in [0.717, 1.165) is 18.4 Å². The van der Waals surface area contributed by atoms with Gasteiger partial charge < -0.3 is 15.5 Å². The van der Waals surface area contributed by atoms with Crippen LogP contribution in [0.3, 0.4) is 0 Å². The number of rotatable bonds is 3. The zero-order valence-corrected chi connectivity index (χ0v) is 12.8. The van der Waals surface area contributed by atoms with Gasteiger partial charge in [0.1, 0.15) is 0 Å². The van der Waals surface area contributed by atoms with Gasteiger partial charge in [0.15, 0.2) is 0 Å². The molecule has 0 unspecified atom stereocenters. The summed E-state index contributed by atoms with van der Waals surface area (Å²) >= 11 is 0. The molecule has 21 heavy (non-hydrogen) atoms. The summed E-state index contributed by atoms with van der Waals surface area (Å²) in [4.78, 5) is 25.7. The van der Waals surface area contributed by atoms with Crippen LogP contribution in [0.25, 0.3) is 0 Å². The Hall–Kier alpha value is -2.05. The lowest BCUT2D eigenvalue weighted by molar-refractivity contribution is -0.125. The molecule has 0 aliphatic carbocycles. The SMILES string of the molecule is CNC(=O)[C@@H]1CCCN(C(=O)N[C@H](C)c2cnn(C)c2)C1. The quantitative estimate of drug-likeness (QED) is 0.858. The van der Waals surface area contributed by atoms with Gasteiger partial charge >= 0.3 is 6.03 Å². The second-order valence-electron chi connectivity index (χ2n) is 5.52. The van der Waals surface area contributed by atoms with Crippen LogP contribution < -0.4 is 10.6 Å². The molecule has 3 amide bonds. The highest BCUT2D eigenvalue weighted by Crippen LogP contribution is 2.18. The maximum Gasteiger partial charge on any atom is 0.317 e. The van der Waals surface area contributed by atoms with Crippen molar-refractivity contribution in [1.82, 2.24) is 25.3 Å². The number of amides is 3. The Balaban J connectivity index is 1.92. The highest BCUT2D eigenvalue weighted by atomic mass is 16.2. The summed E-state index contributed by atoms with van der Waals surface area (Å²) in [6.45, 7) is 3.10. The van der Waals surface area contributed by atoms with Gasteiger partial charge in [0, 0.05) is 38.9 Å². The van der Waals surface area contributed by atoms with Crippen molar-refractivity contribution < 1.29 is 9.59 Å². The van der Waals surface area contributed by atoms with Gasteiger partial charge in [-0.3, -0.25) is 9.48 Å². The Bertz CT molecular complexity index is 513. The number of aromatic nitrogens is 2. The van der Waals surface area contributed by atoms with Crippen LogP contribution in [0.5, 0.6) is 0 Å². The standard InChI is InChI=1S/C14H23N5O2/c1-10(12-7-16-18(3)8-12)17-14(21)19-6-4-5-11(9-19)13(20)15-2/h7-8,10-11H,4-6,9H2,1-3H3,(H,15,20)(H,17,21)/t10-,11-/m1/s1. The van der Waals surface area contributed by atoms with E-state index in [2.05, 4.69) is 15.7 Å². The third kappa shape index (κ3) is 3.74. The molecule has 2 heterocycles. The minimum Gasteiger partial charge on any atom is -0.359 e. The van der Waals surface area contributed by atoms with Gasteiger partial charge in [-0.25, -0.2) is 4.79 Å². The van der Waals surface area contributed by atoms with E-state index < -0.39 is 0 Å². The van der Waals surface area contributed by atoms with Crippen LogP contribution in [0.2, 0.25) is 0 Å². The van der Waals surface area contributed by atoms with Gasteiger partial charge in [0.25, 0.3) is 0 Å². The van der Waals surface area contributed by atoms with E-state index in [-0.39, 0.29) is 23.9 Å². The first kappa shape index (κ1) is 15.3. The molecule has 1 aliphatic heterocycles. The van der Waals surface area contributed by atoms with Crippen LogP contribution in [0.15, 0.2) is 12.4 Å². The predicted octanol–water partition coefficient (Wildman–Crippen LogP) is 0.649. The molecule has 1 aliphatic rings. The van der Waals surface area contributed by atoms with Gasteiger partial charge in [-0.15, -0.1) is 0 Å². The third-order valence-electron chi connectivity index (χ3n) is 3.89. The molecule has 0 saturated carbocycles. The number of urea groups is 1. The van der Waals surface area contributed by atoms with Crippen molar-refractivity contribution in [3.05, 3.63) is 18.0 Å². The zero-order valence-electron chi connectivity index (χ0n) is 12.8. The molecule has 1 saturated heterocycles. The summed E-state index contributed by atoms with van der Waals surface area (Å²) in [7, 11) is 3.47. The van der Waals surface area contributed by atoms with E-state index in [9.17, 15) is 9.59 Å². The fraction of sp³-hybridized carbons (Fsp3) is 0.643. The van der Waals surface area contributed by atoms with Crippen molar-refractivity contribution in [1.29, 1.82) is 0 Å². The van der Waals surface area contributed by atoms with Crippen molar-refractivity contribution in [2.24, 2.45) is 13.0 Å². The summed E-state index contributed by atoms with van der Waals surface area (Å²) in [5.41, 5.74) is 0.964. The highest BCUT2D eigenvalue weighted by molar-refractivity contribution is 5.80. The van der Waals surface area contributed by atoms with Crippen LogP contribution in [0.1, 0.15) is 31.4 Å². The second-order valence-corrected chi connectivity index (χ2v) is 5.52. The minimum absolute atomic E-state index is 0.00723. The monoisotopic (exact) mass is 293 g/mol. The van der Waals surface area contributed by atoms with Crippen molar-refractivity contribution in [3.63, 3.8) is 0 Å². The summed E-state index contributed by atoms with van der Waals surface area (Å²) in [6.07, 6.45) is 5.32. The predicted molar refractivity (Wildman–Crippen MR) is 78.5 cm³/mol.